The number of rotatable bonds is 2. The summed E-state index contributed by atoms with van der Waals surface area (Å²) in [4.78, 5) is 40.6. The number of aromatic nitrogens is 1. The second-order valence-corrected chi connectivity index (χ2v) is 7.16. The fourth-order valence-electron chi connectivity index (χ4n) is 4.02. The van der Waals surface area contributed by atoms with E-state index in [2.05, 4.69) is 15.0 Å². The number of benzene rings is 1. The van der Waals surface area contributed by atoms with Gasteiger partial charge in [-0.1, -0.05) is 11.6 Å². The Morgan fingerprint density at radius 1 is 1.30 bits per heavy atom. The fourth-order valence-corrected chi connectivity index (χ4v) is 4.28. The maximum atomic E-state index is 12.9. The highest BCUT2D eigenvalue weighted by Gasteiger charge is 2.42. The minimum absolute atomic E-state index is 0.0552. The van der Waals surface area contributed by atoms with Gasteiger partial charge in [-0.15, -0.1) is 0 Å². The maximum absolute atomic E-state index is 12.9. The van der Waals surface area contributed by atoms with E-state index < -0.39 is 5.97 Å². The molecule has 140 valence electrons. The number of amides is 2. The molecule has 0 radical (unpaired) electrons. The van der Waals surface area contributed by atoms with E-state index in [-0.39, 0.29) is 34.3 Å². The van der Waals surface area contributed by atoms with Crippen LogP contribution < -0.4 is 10.9 Å². The number of nitrogens with one attached hydrogen (secondary N) is 2. The van der Waals surface area contributed by atoms with Gasteiger partial charge in [-0.3, -0.25) is 4.79 Å². The van der Waals surface area contributed by atoms with Crippen molar-refractivity contribution in [2.45, 2.75) is 31.3 Å². The summed E-state index contributed by atoms with van der Waals surface area (Å²) in [5.74, 6) is -0.530. The molecule has 2 amide bonds. The van der Waals surface area contributed by atoms with Crippen LogP contribution in [0.15, 0.2) is 35.3 Å². The van der Waals surface area contributed by atoms with Gasteiger partial charge in [0, 0.05) is 24.0 Å². The van der Waals surface area contributed by atoms with Gasteiger partial charge in [-0.05, 0) is 48.6 Å². The van der Waals surface area contributed by atoms with Crippen LogP contribution in [0.2, 0.25) is 5.02 Å². The van der Waals surface area contributed by atoms with Gasteiger partial charge in [-0.2, -0.15) is 0 Å². The van der Waals surface area contributed by atoms with Crippen molar-refractivity contribution in [1.82, 2.24) is 9.88 Å². The molecule has 1 aromatic heterocycles. The third-order valence-corrected chi connectivity index (χ3v) is 5.54. The summed E-state index contributed by atoms with van der Waals surface area (Å²) in [6.45, 7) is 0. The molecular formula is C19H18ClN3O4. The van der Waals surface area contributed by atoms with Crippen molar-refractivity contribution in [1.29, 1.82) is 0 Å². The zero-order valence-electron chi connectivity index (χ0n) is 14.6. The van der Waals surface area contributed by atoms with E-state index in [0.29, 0.717) is 12.1 Å². The summed E-state index contributed by atoms with van der Waals surface area (Å²) in [5, 5.41) is 3.07. The molecule has 0 aliphatic carbocycles. The minimum Gasteiger partial charge on any atom is -0.465 e. The molecular weight excluding hydrogens is 370 g/mol. The molecule has 0 unspecified atom stereocenters. The van der Waals surface area contributed by atoms with Crippen LogP contribution in [0.5, 0.6) is 0 Å². The zero-order valence-corrected chi connectivity index (χ0v) is 15.4. The number of carbonyl (C=O) groups is 2. The van der Waals surface area contributed by atoms with Crippen molar-refractivity contribution in [2.24, 2.45) is 0 Å². The molecule has 2 atom stereocenters. The van der Waals surface area contributed by atoms with Crippen molar-refractivity contribution in [3.8, 4) is 0 Å². The third kappa shape index (κ3) is 3.08. The Hall–Kier alpha value is -2.80. The first kappa shape index (κ1) is 17.6. The number of aromatic amines is 1. The summed E-state index contributed by atoms with van der Waals surface area (Å²) in [6.07, 6.45) is 4.14. The van der Waals surface area contributed by atoms with Crippen LogP contribution >= 0.6 is 11.6 Å². The Labute approximate surface area is 160 Å². The normalized spacial score (nSPS) is 20.1. The molecule has 0 spiro atoms. The van der Waals surface area contributed by atoms with E-state index in [1.807, 2.05) is 4.90 Å². The summed E-state index contributed by atoms with van der Waals surface area (Å²) in [7, 11) is 1.28. The monoisotopic (exact) mass is 387 g/mol. The van der Waals surface area contributed by atoms with Crippen LogP contribution in [0.3, 0.4) is 0 Å². The van der Waals surface area contributed by atoms with Gasteiger partial charge < -0.3 is 19.9 Å². The first-order valence-electron chi connectivity index (χ1n) is 8.66. The van der Waals surface area contributed by atoms with Crippen molar-refractivity contribution in [3.05, 3.63) is 62.5 Å². The van der Waals surface area contributed by atoms with E-state index in [4.69, 9.17) is 11.6 Å². The van der Waals surface area contributed by atoms with Crippen LogP contribution in [0.25, 0.3) is 0 Å². The molecule has 1 saturated heterocycles. The van der Waals surface area contributed by atoms with Crippen molar-refractivity contribution in [3.63, 3.8) is 0 Å². The van der Waals surface area contributed by atoms with Crippen molar-refractivity contribution >= 4 is 29.3 Å². The molecule has 4 rings (SSSR count). The highest BCUT2D eigenvalue weighted by molar-refractivity contribution is 6.34. The SMILES string of the molecule is COC(=O)c1ccc(NC(=O)N2[C@@H]3CC[C@H]2c2c[nH]c(=O)cc2C3)cc1Cl. The number of pyridine rings is 1. The van der Waals surface area contributed by atoms with Crippen LogP contribution in [0, 0.1) is 0 Å². The Kier molecular flexibility index (Phi) is 4.39. The third-order valence-electron chi connectivity index (χ3n) is 5.22. The van der Waals surface area contributed by atoms with Gasteiger partial charge in [0.25, 0.3) is 0 Å². The van der Waals surface area contributed by atoms with E-state index in [1.165, 1.54) is 19.2 Å². The lowest BCUT2D eigenvalue weighted by Gasteiger charge is -2.36. The number of anilines is 1. The number of H-pyrrole nitrogens is 1. The number of methoxy groups -OCH3 is 1. The number of urea groups is 1. The lowest BCUT2D eigenvalue weighted by molar-refractivity contribution is 0.0601. The first-order valence-corrected chi connectivity index (χ1v) is 9.04. The Morgan fingerprint density at radius 2 is 2.11 bits per heavy atom. The number of esters is 1. The predicted molar refractivity (Wildman–Crippen MR) is 100 cm³/mol. The minimum atomic E-state index is -0.530. The average molecular weight is 388 g/mol. The number of carbonyl (C=O) groups excluding carboxylic acids is 2. The predicted octanol–water partition coefficient (Wildman–Crippen LogP) is 3.11. The lowest BCUT2D eigenvalue weighted by atomic mass is 9.95. The molecule has 1 aromatic carbocycles. The molecule has 2 aliphatic heterocycles. The molecule has 0 saturated carbocycles. The smallest absolute Gasteiger partial charge is 0.339 e. The Balaban J connectivity index is 1.56. The second kappa shape index (κ2) is 6.74. The molecule has 8 heteroatoms. The molecule has 2 aromatic rings. The van der Waals surface area contributed by atoms with Gasteiger partial charge in [0.05, 0.1) is 23.7 Å². The number of hydrogen-bond acceptors (Lipinski definition) is 4. The van der Waals surface area contributed by atoms with Crippen LogP contribution in [0.4, 0.5) is 10.5 Å². The number of halogens is 1. The van der Waals surface area contributed by atoms with E-state index in [0.717, 1.165) is 24.0 Å². The Morgan fingerprint density at radius 3 is 2.85 bits per heavy atom. The number of ether oxygens (including phenoxy) is 1. The topological polar surface area (TPSA) is 91.5 Å². The lowest BCUT2D eigenvalue weighted by Crippen LogP contribution is -2.44. The standard InChI is InChI=1S/C19H18ClN3O4/c1-27-18(25)13-4-2-11(8-15(13)20)22-19(26)23-12-3-5-16(23)14-9-21-17(24)7-10(14)6-12/h2,4,7-9,12,16H,3,5-6H2,1H3,(H,21,24)(H,22,26)/t12-,16+/m1/s1. The van der Waals surface area contributed by atoms with Crippen LogP contribution in [-0.2, 0) is 11.2 Å². The second-order valence-electron chi connectivity index (χ2n) is 6.75. The van der Waals surface area contributed by atoms with Gasteiger partial charge in [0.2, 0.25) is 5.56 Å². The van der Waals surface area contributed by atoms with E-state index in [1.54, 1.807) is 18.3 Å². The van der Waals surface area contributed by atoms with Crippen LogP contribution in [0.1, 0.15) is 40.4 Å². The first-order chi connectivity index (χ1) is 13.0. The molecule has 2 N–H and O–H groups in total. The number of nitrogens with zero attached hydrogens (tertiary/aromatic N) is 1. The quantitative estimate of drug-likeness (QED) is 0.774. The highest BCUT2D eigenvalue weighted by atomic mass is 35.5. The van der Waals surface area contributed by atoms with Gasteiger partial charge >= 0.3 is 12.0 Å². The highest BCUT2D eigenvalue weighted by Crippen LogP contribution is 2.43. The zero-order chi connectivity index (χ0) is 19.1. The van der Waals surface area contributed by atoms with Gasteiger partial charge in [0.15, 0.2) is 0 Å². The number of hydrogen-bond donors (Lipinski definition) is 2. The van der Waals surface area contributed by atoms with Crippen LogP contribution in [-0.4, -0.2) is 35.0 Å². The molecule has 1 fully saturated rings. The molecule has 2 bridgehead atoms. The molecule has 3 heterocycles. The molecule has 2 aliphatic rings. The Bertz CT molecular complexity index is 987. The summed E-state index contributed by atoms with van der Waals surface area (Å²) in [6, 6.07) is 6.09. The van der Waals surface area contributed by atoms with Crippen molar-refractivity contribution < 1.29 is 14.3 Å². The summed E-state index contributed by atoms with van der Waals surface area (Å²) in [5.41, 5.74) is 2.64. The van der Waals surface area contributed by atoms with Crippen molar-refractivity contribution in [2.75, 3.05) is 12.4 Å². The van der Waals surface area contributed by atoms with Gasteiger partial charge in [-0.25, -0.2) is 9.59 Å². The molecule has 27 heavy (non-hydrogen) atoms. The van der Waals surface area contributed by atoms with E-state index >= 15 is 0 Å². The largest absolute Gasteiger partial charge is 0.465 e. The fraction of sp³-hybridized carbons (Fsp3) is 0.316. The van der Waals surface area contributed by atoms with E-state index in [9.17, 15) is 14.4 Å². The van der Waals surface area contributed by atoms with Gasteiger partial charge in [0.1, 0.15) is 0 Å². The summed E-state index contributed by atoms with van der Waals surface area (Å²) >= 11 is 6.12. The number of fused-ring (bicyclic) bond motifs is 4. The maximum Gasteiger partial charge on any atom is 0.339 e. The average Bonchev–Trinajstić information content (AvgIpc) is 2.96. The molecule has 7 nitrogen and oxygen atoms in total. The summed E-state index contributed by atoms with van der Waals surface area (Å²) < 4.78 is 4.67.